The van der Waals surface area contributed by atoms with Crippen molar-refractivity contribution in [2.45, 2.75) is 33.4 Å². The quantitative estimate of drug-likeness (QED) is 0.185. The van der Waals surface area contributed by atoms with Gasteiger partial charge < -0.3 is 23.7 Å². The first-order chi connectivity index (χ1) is 22.2. The predicted molar refractivity (Wildman–Crippen MR) is 176 cm³/mol. The number of carbonyl (C=O) groups is 1. The second-order valence-electron chi connectivity index (χ2n) is 10.1. The third-order valence-electron chi connectivity index (χ3n) is 7.19. The van der Waals surface area contributed by atoms with Gasteiger partial charge in [0.25, 0.3) is 5.56 Å². The molecule has 240 valence electrons. The molecule has 4 aromatic rings. The van der Waals surface area contributed by atoms with Crippen molar-refractivity contribution in [1.82, 2.24) is 4.57 Å². The van der Waals surface area contributed by atoms with Crippen molar-refractivity contribution in [2.75, 3.05) is 27.4 Å². The number of esters is 1. The first kappa shape index (κ1) is 33.0. The Kier molecular flexibility index (Phi) is 10.3. The molecule has 9 nitrogen and oxygen atoms in total. The van der Waals surface area contributed by atoms with Crippen LogP contribution in [0.5, 0.6) is 23.0 Å². The van der Waals surface area contributed by atoms with Crippen molar-refractivity contribution >= 4 is 39.3 Å². The largest absolute Gasteiger partial charge is 0.493 e. The Morgan fingerprint density at radius 3 is 2.37 bits per heavy atom. The molecule has 0 saturated heterocycles. The number of hydrogen-bond acceptors (Lipinski definition) is 9. The lowest BCUT2D eigenvalue weighted by atomic mass is 9.95. The first-order valence-corrected chi connectivity index (χ1v) is 16.0. The van der Waals surface area contributed by atoms with Crippen molar-refractivity contribution < 1.29 is 32.9 Å². The molecule has 0 amide bonds. The minimum absolute atomic E-state index is 0.159. The fourth-order valence-electron chi connectivity index (χ4n) is 5.06. The van der Waals surface area contributed by atoms with Crippen LogP contribution in [0.15, 0.2) is 80.1 Å². The van der Waals surface area contributed by atoms with Crippen LogP contribution in [-0.4, -0.2) is 38.0 Å². The summed E-state index contributed by atoms with van der Waals surface area (Å²) in [5, 5.41) is 0. The molecule has 0 radical (unpaired) electrons. The maximum Gasteiger partial charge on any atom is 0.338 e. The second-order valence-corrected chi connectivity index (χ2v) is 11.9. The summed E-state index contributed by atoms with van der Waals surface area (Å²) in [5.74, 6) is 1.05. The molecule has 1 atom stereocenters. The molecule has 0 unspecified atom stereocenters. The normalized spacial score (nSPS) is 14.4. The van der Waals surface area contributed by atoms with Crippen LogP contribution in [0.3, 0.4) is 0 Å². The zero-order valence-electron chi connectivity index (χ0n) is 25.9. The highest BCUT2D eigenvalue weighted by molar-refractivity contribution is 9.10. The molecule has 0 spiro atoms. The molecule has 1 aromatic heterocycles. The molecule has 3 aromatic carbocycles. The fraction of sp³-hybridized carbons (Fsp3) is 0.265. The summed E-state index contributed by atoms with van der Waals surface area (Å²) in [6, 6.07) is 14.0. The highest BCUT2D eigenvalue weighted by Gasteiger charge is 2.35. The van der Waals surface area contributed by atoms with Gasteiger partial charge in [-0.25, -0.2) is 14.2 Å². The van der Waals surface area contributed by atoms with Crippen LogP contribution in [-0.2, 0) is 16.1 Å². The molecule has 0 saturated carbocycles. The highest BCUT2D eigenvalue weighted by atomic mass is 79.9. The van der Waals surface area contributed by atoms with Crippen LogP contribution >= 0.6 is 27.3 Å². The Bertz CT molecular complexity index is 1990. The van der Waals surface area contributed by atoms with E-state index in [2.05, 4.69) is 20.9 Å². The number of hydrogen-bond donors (Lipinski definition) is 0. The summed E-state index contributed by atoms with van der Waals surface area (Å²) in [7, 11) is 3.06. The maximum atomic E-state index is 14.1. The number of methoxy groups -OCH3 is 2. The number of thiazole rings is 1. The van der Waals surface area contributed by atoms with E-state index in [0.717, 1.165) is 5.56 Å². The van der Waals surface area contributed by atoms with Crippen molar-refractivity contribution in [3.8, 4) is 23.0 Å². The van der Waals surface area contributed by atoms with E-state index in [0.29, 0.717) is 60.2 Å². The summed E-state index contributed by atoms with van der Waals surface area (Å²) in [4.78, 5) is 32.5. The van der Waals surface area contributed by atoms with Crippen molar-refractivity contribution in [3.05, 3.63) is 113 Å². The molecular formula is C34H32BrFN2O7S. The molecule has 0 N–H and O–H groups in total. The molecule has 0 aliphatic carbocycles. The fourth-order valence-corrected chi connectivity index (χ4v) is 6.65. The smallest absolute Gasteiger partial charge is 0.338 e. The Morgan fingerprint density at radius 2 is 1.70 bits per heavy atom. The molecule has 1 aliphatic rings. The number of allylic oxidation sites excluding steroid dienone is 1. The zero-order chi connectivity index (χ0) is 33.0. The van der Waals surface area contributed by atoms with E-state index in [9.17, 15) is 14.0 Å². The van der Waals surface area contributed by atoms with Gasteiger partial charge in [0.1, 0.15) is 12.4 Å². The third kappa shape index (κ3) is 6.73. The topological polar surface area (TPSA) is 97.6 Å². The number of carbonyl (C=O) groups excluding carboxylic acids is 1. The van der Waals surface area contributed by atoms with Crippen LogP contribution in [0.1, 0.15) is 43.5 Å². The predicted octanol–water partition coefficient (Wildman–Crippen LogP) is 5.69. The number of ether oxygens (including phenoxy) is 5. The Balaban J connectivity index is 1.59. The lowest BCUT2D eigenvalue weighted by molar-refractivity contribution is -0.139. The number of halogens is 2. The summed E-state index contributed by atoms with van der Waals surface area (Å²) >= 11 is 4.85. The van der Waals surface area contributed by atoms with E-state index in [4.69, 9.17) is 23.7 Å². The first-order valence-electron chi connectivity index (χ1n) is 14.4. The Morgan fingerprint density at radius 1 is 0.978 bits per heavy atom. The van der Waals surface area contributed by atoms with E-state index in [1.54, 1.807) is 62.4 Å². The van der Waals surface area contributed by atoms with E-state index in [-0.39, 0.29) is 30.2 Å². The van der Waals surface area contributed by atoms with E-state index < -0.39 is 12.0 Å². The average molecular weight is 712 g/mol. The molecule has 1 aliphatic heterocycles. The molecule has 0 bridgehead atoms. The van der Waals surface area contributed by atoms with Gasteiger partial charge in [-0.3, -0.25) is 9.36 Å². The average Bonchev–Trinajstić information content (AvgIpc) is 3.34. The number of aromatic nitrogens is 1. The Labute approximate surface area is 277 Å². The van der Waals surface area contributed by atoms with Gasteiger partial charge in [-0.2, -0.15) is 0 Å². The van der Waals surface area contributed by atoms with E-state index >= 15 is 0 Å². The molecule has 46 heavy (non-hydrogen) atoms. The van der Waals surface area contributed by atoms with Gasteiger partial charge in [0.05, 0.1) is 49.3 Å². The van der Waals surface area contributed by atoms with Gasteiger partial charge in [-0.05, 0) is 79.9 Å². The summed E-state index contributed by atoms with van der Waals surface area (Å²) in [6.07, 6.45) is 1.74. The Hall–Kier alpha value is -4.42. The van der Waals surface area contributed by atoms with Crippen molar-refractivity contribution in [1.29, 1.82) is 0 Å². The number of benzene rings is 3. The van der Waals surface area contributed by atoms with Crippen LogP contribution in [0, 0.1) is 5.82 Å². The molecule has 5 rings (SSSR count). The van der Waals surface area contributed by atoms with E-state index in [1.807, 2.05) is 6.92 Å². The van der Waals surface area contributed by atoms with Crippen molar-refractivity contribution in [3.63, 3.8) is 0 Å². The maximum absolute atomic E-state index is 14.1. The van der Waals surface area contributed by atoms with Crippen molar-refractivity contribution in [2.24, 2.45) is 4.99 Å². The monoisotopic (exact) mass is 710 g/mol. The summed E-state index contributed by atoms with van der Waals surface area (Å²) < 4.78 is 44.0. The summed E-state index contributed by atoms with van der Waals surface area (Å²) in [6.45, 7) is 6.13. The van der Waals surface area contributed by atoms with Crippen LogP contribution in [0.25, 0.3) is 6.08 Å². The third-order valence-corrected chi connectivity index (χ3v) is 8.86. The SMILES string of the molecule is CCOC(=O)C1=C(C)N=c2s/c(=C/c3ccc(OCc4ccc(F)cc4)c(OC)c3)c(=O)n2[C@H]1c1cc(OC)c(OCC)cc1Br. The number of fused-ring (bicyclic) bond motifs is 1. The lowest BCUT2D eigenvalue weighted by Crippen LogP contribution is -2.40. The number of rotatable bonds is 11. The van der Waals surface area contributed by atoms with Gasteiger partial charge in [0.2, 0.25) is 0 Å². The van der Waals surface area contributed by atoms with Gasteiger partial charge in [0.15, 0.2) is 27.8 Å². The lowest BCUT2D eigenvalue weighted by Gasteiger charge is -2.26. The van der Waals surface area contributed by atoms with Gasteiger partial charge in [-0.1, -0.05) is 45.5 Å². The number of nitrogens with zero attached hydrogens (tertiary/aromatic N) is 2. The highest BCUT2D eigenvalue weighted by Crippen LogP contribution is 2.41. The van der Waals surface area contributed by atoms with E-state index in [1.165, 1.54) is 42.3 Å². The minimum atomic E-state index is -0.854. The molecule has 12 heteroatoms. The molecule has 2 heterocycles. The van der Waals surface area contributed by atoms with Crippen LogP contribution < -0.4 is 33.8 Å². The van der Waals surface area contributed by atoms with Crippen LogP contribution in [0.4, 0.5) is 4.39 Å². The van der Waals surface area contributed by atoms with Gasteiger partial charge in [0, 0.05) is 4.47 Å². The minimum Gasteiger partial charge on any atom is -0.493 e. The van der Waals surface area contributed by atoms with Crippen LogP contribution in [0.2, 0.25) is 0 Å². The molecular weight excluding hydrogens is 679 g/mol. The standard InChI is InChI=1S/C34H32BrFN2O7S/c1-6-43-28-17-24(35)23(16-27(28)42-5)31-30(33(40)44-7-2)19(3)37-34-38(31)32(39)29(46-34)15-21-10-13-25(26(14-21)41-4)45-18-20-8-11-22(36)12-9-20/h8-17,31H,6-7,18H2,1-5H3/b29-15+/t31-/m0/s1. The zero-order valence-corrected chi connectivity index (χ0v) is 28.3. The summed E-state index contributed by atoms with van der Waals surface area (Å²) in [5.41, 5.74) is 2.46. The molecule has 0 fully saturated rings. The van der Waals surface area contributed by atoms with Gasteiger partial charge in [-0.15, -0.1) is 0 Å². The van der Waals surface area contributed by atoms with Gasteiger partial charge >= 0.3 is 5.97 Å². The second kappa shape index (κ2) is 14.3.